The molecule has 0 spiro atoms. The van der Waals surface area contributed by atoms with Crippen molar-refractivity contribution in [1.29, 1.82) is 0 Å². The second-order valence-corrected chi connectivity index (χ2v) is 23.5. The van der Waals surface area contributed by atoms with Crippen molar-refractivity contribution in [2.45, 2.75) is 147 Å². The second-order valence-electron chi connectivity index (χ2n) is 18.6. The summed E-state index contributed by atoms with van der Waals surface area (Å²) in [5.74, 6) is -2.45. The molecular weight excluding hydrogens is 763 g/mol. The van der Waals surface area contributed by atoms with Gasteiger partial charge in [0.05, 0.1) is 36.4 Å². The number of alkyl halides is 6. The molecule has 0 unspecified atom stereocenters. The van der Waals surface area contributed by atoms with E-state index in [0.717, 1.165) is 30.7 Å². The Hall–Kier alpha value is -3.23. The number of aliphatic hydroxyl groups excluding tert-OH is 1. The Labute approximate surface area is 334 Å². The van der Waals surface area contributed by atoms with Crippen molar-refractivity contribution in [3.8, 4) is 5.75 Å². The molecule has 1 saturated heterocycles. The first-order valence-corrected chi connectivity index (χ1v) is 23.2. The maximum absolute atomic E-state index is 17.3. The van der Waals surface area contributed by atoms with Crippen LogP contribution < -0.4 is 9.64 Å². The molecule has 57 heavy (non-hydrogen) atoms. The van der Waals surface area contributed by atoms with Gasteiger partial charge in [0.25, 0.3) is 0 Å². The summed E-state index contributed by atoms with van der Waals surface area (Å²) in [4.78, 5) is 16.3. The third kappa shape index (κ3) is 9.97. The fourth-order valence-corrected chi connectivity index (χ4v) is 9.50. The van der Waals surface area contributed by atoms with Crippen molar-refractivity contribution in [2.24, 2.45) is 5.41 Å². The minimum Gasteiger partial charge on any atom is -0.490 e. The summed E-state index contributed by atoms with van der Waals surface area (Å²) >= 11 is 0. The summed E-state index contributed by atoms with van der Waals surface area (Å²) in [6, 6.07) is 4.02. The monoisotopic (exact) mass is 820 g/mol. The SMILES string of the molecule is CC1(C)Cc2nc(C3CCN(c4ncc(OCCCO[Si](C)(C)C(C)(C)C)cn4)CC3)c([C@@H](F)c3ccc(C(F)(F)F)cc3)c(C3CCC(F)(F)CC3)c2[C@@H](O)C1. The number of aromatic nitrogens is 3. The van der Waals surface area contributed by atoms with Gasteiger partial charge in [-0.05, 0) is 91.2 Å². The van der Waals surface area contributed by atoms with Crippen LogP contribution in [0.2, 0.25) is 18.1 Å². The number of piperidine rings is 1. The second kappa shape index (κ2) is 16.4. The minimum atomic E-state index is -4.59. The molecule has 3 heterocycles. The Morgan fingerprint density at radius 3 is 2.11 bits per heavy atom. The zero-order chi connectivity index (χ0) is 41.6. The number of fused-ring (bicyclic) bond motifs is 1. The lowest BCUT2D eigenvalue weighted by Crippen LogP contribution is -2.41. The molecular formula is C43H58F6N4O3Si. The number of ether oxygens (including phenoxy) is 1. The average Bonchev–Trinajstić information content (AvgIpc) is 3.13. The van der Waals surface area contributed by atoms with E-state index in [1.165, 1.54) is 0 Å². The normalized spacial score (nSPS) is 21.3. The number of nitrogens with zero attached hydrogens (tertiary/aromatic N) is 4. The molecule has 2 aliphatic carbocycles. The number of halogens is 6. The number of anilines is 1. The van der Waals surface area contributed by atoms with E-state index in [4.69, 9.17) is 14.1 Å². The molecule has 3 aliphatic rings. The third-order valence-corrected chi connectivity index (χ3v) is 17.2. The predicted octanol–water partition coefficient (Wildman–Crippen LogP) is 11.4. The van der Waals surface area contributed by atoms with Gasteiger partial charge < -0.3 is 19.2 Å². The van der Waals surface area contributed by atoms with Crippen molar-refractivity contribution < 1.29 is 40.6 Å². The Morgan fingerprint density at radius 1 is 0.912 bits per heavy atom. The van der Waals surface area contributed by atoms with E-state index in [-0.39, 0.29) is 53.2 Å². The lowest BCUT2D eigenvalue weighted by atomic mass is 9.68. The van der Waals surface area contributed by atoms with Gasteiger partial charge in [-0.2, -0.15) is 13.2 Å². The molecule has 0 amide bonds. The van der Waals surface area contributed by atoms with E-state index in [0.29, 0.717) is 86.2 Å². The van der Waals surface area contributed by atoms with E-state index < -0.39 is 44.2 Å². The molecule has 0 radical (unpaired) electrons. The first-order chi connectivity index (χ1) is 26.6. The molecule has 1 aliphatic heterocycles. The molecule has 1 N–H and O–H groups in total. The largest absolute Gasteiger partial charge is 0.490 e. The number of pyridine rings is 1. The summed E-state index contributed by atoms with van der Waals surface area (Å²) in [7, 11) is -1.83. The topological polar surface area (TPSA) is 80.6 Å². The molecule has 314 valence electrons. The van der Waals surface area contributed by atoms with E-state index in [2.05, 4.69) is 43.8 Å². The molecule has 1 aromatic carbocycles. The summed E-state index contributed by atoms with van der Waals surface area (Å²) in [6.07, 6.45) is -1.92. The number of benzene rings is 1. The van der Waals surface area contributed by atoms with Crippen molar-refractivity contribution in [3.05, 3.63) is 75.9 Å². The highest BCUT2D eigenvalue weighted by Crippen LogP contribution is 2.52. The standard InChI is InChI=1S/C43H58F6N4O3Si/c1-40(2,3)57(6,7)56-22-8-21-55-31-25-50-39(51-26-31)53-19-15-29(16-20-53)38-36(37(44)28-9-11-30(12-10-28)43(47,48)49)34(27-13-17-42(45,46)18-14-27)35-32(52-38)23-41(4,5)24-33(35)54/h9-12,25-27,29,33,37,54H,8,13-24H2,1-7H3/t33-,37-/m0/s1. The van der Waals surface area contributed by atoms with Crippen LogP contribution in [-0.4, -0.2) is 60.6 Å². The fraction of sp³-hybridized carbons (Fsp3) is 0.651. The van der Waals surface area contributed by atoms with Gasteiger partial charge in [-0.15, -0.1) is 0 Å². The average molecular weight is 821 g/mol. The smallest absolute Gasteiger partial charge is 0.416 e. The van der Waals surface area contributed by atoms with E-state index >= 15 is 4.39 Å². The maximum Gasteiger partial charge on any atom is 0.416 e. The van der Waals surface area contributed by atoms with Crippen LogP contribution >= 0.6 is 0 Å². The lowest BCUT2D eigenvalue weighted by Gasteiger charge is -2.41. The number of aliphatic hydroxyl groups is 1. The van der Waals surface area contributed by atoms with Crippen LogP contribution in [0.25, 0.3) is 0 Å². The Bertz CT molecular complexity index is 1830. The van der Waals surface area contributed by atoms with Gasteiger partial charge in [0, 0.05) is 61.7 Å². The number of hydrogen-bond donors (Lipinski definition) is 1. The Balaban J connectivity index is 1.26. The predicted molar refractivity (Wildman–Crippen MR) is 211 cm³/mol. The van der Waals surface area contributed by atoms with Crippen molar-refractivity contribution in [2.75, 3.05) is 31.2 Å². The maximum atomic E-state index is 17.3. The summed E-state index contributed by atoms with van der Waals surface area (Å²) in [6.45, 7) is 17.3. The van der Waals surface area contributed by atoms with Crippen LogP contribution in [0.3, 0.4) is 0 Å². The van der Waals surface area contributed by atoms with Crippen LogP contribution in [0.4, 0.5) is 32.3 Å². The van der Waals surface area contributed by atoms with Gasteiger partial charge in [0.1, 0.15) is 0 Å². The van der Waals surface area contributed by atoms with Gasteiger partial charge in [-0.25, -0.2) is 23.1 Å². The summed E-state index contributed by atoms with van der Waals surface area (Å²) < 4.78 is 99.1. The van der Waals surface area contributed by atoms with Crippen LogP contribution in [0.1, 0.15) is 149 Å². The quantitative estimate of drug-likeness (QED) is 0.117. The molecule has 6 rings (SSSR count). The Morgan fingerprint density at radius 2 is 1.53 bits per heavy atom. The summed E-state index contributed by atoms with van der Waals surface area (Å²) in [5.41, 5.74) is 1.21. The van der Waals surface area contributed by atoms with Gasteiger partial charge in [-0.3, -0.25) is 4.98 Å². The van der Waals surface area contributed by atoms with Gasteiger partial charge >= 0.3 is 6.18 Å². The van der Waals surface area contributed by atoms with Crippen molar-refractivity contribution in [1.82, 2.24) is 15.0 Å². The first kappa shape index (κ1) is 43.3. The third-order valence-electron chi connectivity index (χ3n) is 12.7. The van der Waals surface area contributed by atoms with E-state index in [1.807, 2.05) is 18.7 Å². The van der Waals surface area contributed by atoms with Crippen LogP contribution in [0.5, 0.6) is 5.75 Å². The Kier molecular flexibility index (Phi) is 12.5. The molecule has 7 nitrogen and oxygen atoms in total. The van der Waals surface area contributed by atoms with Crippen LogP contribution in [0.15, 0.2) is 36.7 Å². The molecule has 0 bridgehead atoms. The van der Waals surface area contributed by atoms with Gasteiger partial charge in [0.2, 0.25) is 11.9 Å². The molecule has 14 heteroatoms. The van der Waals surface area contributed by atoms with Gasteiger partial charge in [-0.1, -0.05) is 46.8 Å². The highest BCUT2D eigenvalue weighted by molar-refractivity contribution is 6.74. The van der Waals surface area contributed by atoms with Crippen molar-refractivity contribution >= 4 is 14.3 Å². The first-order valence-electron chi connectivity index (χ1n) is 20.3. The van der Waals surface area contributed by atoms with Crippen LogP contribution in [0, 0.1) is 5.41 Å². The lowest BCUT2D eigenvalue weighted by molar-refractivity contribution is -0.137. The molecule has 3 aromatic rings. The number of hydrogen-bond acceptors (Lipinski definition) is 7. The van der Waals surface area contributed by atoms with E-state index in [9.17, 15) is 27.1 Å². The molecule has 2 aromatic heterocycles. The van der Waals surface area contributed by atoms with Gasteiger partial charge in [0.15, 0.2) is 20.2 Å². The van der Waals surface area contributed by atoms with Crippen molar-refractivity contribution in [3.63, 3.8) is 0 Å². The molecule has 2 fully saturated rings. The number of rotatable bonds is 11. The highest BCUT2D eigenvalue weighted by Gasteiger charge is 2.44. The molecule has 1 saturated carbocycles. The fourth-order valence-electron chi connectivity index (χ4n) is 8.41. The summed E-state index contributed by atoms with van der Waals surface area (Å²) in [5, 5.41) is 11.8. The molecule has 2 atom stereocenters. The van der Waals surface area contributed by atoms with Crippen LogP contribution in [-0.2, 0) is 17.0 Å². The zero-order valence-electron chi connectivity index (χ0n) is 34.3. The highest BCUT2D eigenvalue weighted by atomic mass is 28.4. The zero-order valence-corrected chi connectivity index (χ0v) is 35.3. The van der Waals surface area contributed by atoms with E-state index in [1.54, 1.807) is 12.4 Å². The minimum absolute atomic E-state index is 0.0234.